The minimum atomic E-state index is -1.08. The lowest BCUT2D eigenvalue weighted by molar-refractivity contribution is -0.160. The minimum absolute atomic E-state index is 0.0694. The number of esters is 1. The molecule has 0 unspecified atom stereocenters. The number of amides is 1. The number of carbonyl (C=O) groups is 3. The normalized spacial score (nSPS) is 11.4. The van der Waals surface area contributed by atoms with Crippen LogP contribution in [0.2, 0.25) is 0 Å². The van der Waals surface area contributed by atoms with Crippen LogP contribution >= 0.6 is 0 Å². The van der Waals surface area contributed by atoms with Gasteiger partial charge in [-0.1, -0.05) is 30.3 Å². The molecule has 172 valence electrons. The van der Waals surface area contributed by atoms with Crippen LogP contribution in [0.5, 0.6) is 11.5 Å². The molecule has 2 aromatic carbocycles. The molecule has 0 bridgehead atoms. The molecule has 0 aliphatic heterocycles. The fourth-order valence-corrected chi connectivity index (χ4v) is 3.59. The number of ketones is 1. The molecule has 2 rings (SSSR count). The average Bonchev–Trinajstić information content (AvgIpc) is 2.79. The van der Waals surface area contributed by atoms with Crippen molar-refractivity contribution in [1.82, 2.24) is 5.32 Å². The molecule has 0 aliphatic rings. The number of carbonyl (C=O) groups excluding carboxylic acids is 3. The molecule has 0 aliphatic carbocycles. The van der Waals surface area contributed by atoms with Gasteiger partial charge in [0.05, 0.1) is 14.2 Å². The largest absolute Gasteiger partial charge is 0.496 e. The number of Topliss-reactive ketones (excluding diaryl/α,β-unsaturated/α-hetero) is 1. The first-order valence-corrected chi connectivity index (χ1v) is 10.5. The van der Waals surface area contributed by atoms with Gasteiger partial charge in [0.25, 0.3) is 5.91 Å². The summed E-state index contributed by atoms with van der Waals surface area (Å²) in [6, 6.07) is 9.36. The summed E-state index contributed by atoms with van der Waals surface area (Å²) >= 11 is 0. The van der Waals surface area contributed by atoms with Gasteiger partial charge >= 0.3 is 5.97 Å². The van der Waals surface area contributed by atoms with Gasteiger partial charge in [0, 0.05) is 18.5 Å². The third-order valence-electron chi connectivity index (χ3n) is 5.51. The lowest BCUT2D eigenvalue weighted by Gasteiger charge is -2.20. The van der Waals surface area contributed by atoms with Gasteiger partial charge in [-0.2, -0.15) is 0 Å². The predicted molar refractivity (Wildman–Crippen MR) is 121 cm³/mol. The summed E-state index contributed by atoms with van der Waals surface area (Å²) in [5.41, 5.74) is 4.48. The van der Waals surface area contributed by atoms with E-state index in [0.717, 1.165) is 33.6 Å². The molecule has 1 amide bonds. The Labute approximate surface area is 189 Å². The molecule has 1 atom stereocenters. The molecular weight excluding hydrogens is 410 g/mol. The second-order valence-corrected chi connectivity index (χ2v) is 7.59. The Kier molecular flexibility index (Phi) is 8.81. The maximum atomic E-state index is 12.4. The highest BCUT2D eigenvalue weighted by Gasteiger charge is 2.24. The number of hydrogen-bond acceptors (Lipinski definition) is 6. The smallest absolute Gasteiger partial charge is 0.375 e. The first-order valence-electron chi connectivity index (χ1n) is 10.5. The maximum absolute atomic E-state index is 12.4. The third kappa shape index (κ3) is 5.87. The van der Waals surface area contributed by atoms with Crippen LogP contribution in [0.4, 0.5) is 0 Å². The van der Waals surface area contributed by atoms with E-state index in [1.54, 1.807) is 14.2 Å². The van der Waals surface area contributed by atoms with E-state index in [1.807, 2.05) is 51.1 Å². The summed E-state index contributed by atoms with van der Waals surface area (Å²) in [6.07, 6.45) is -0.858. The van der Waals surface area contributed by atoms with Crippen molar-refractivity contribution in [3.05, 3.63) is 58.1 Å². The van der Waals surface area contributed by atoms with Gasteiger partial charge in [-0.05, 0) is 56.4 Å². The highest BCUT2D eigenvalue weighted by atomic mass is 16.6. The highest BCUT2D eigenvalue weighted by Crippen LogP contribution is 2.38. The summed E-state index contributed by atoms with van der Waals surface area (Å²) in [5.74, 6) is -0.787. The number of hydrogen-bond donors (Lipinski definition) is 1. The second kappa shape index (κ2) is 11.3. The second-order valence-electron chi connectivity index (χ2n) is 7.59. The van der Waals surface area contributed by atoms with Gasteiger partial charge < -0.3 is 19.5 Å². The fraction of sp³-hybridized carbons (Fsp3) is 0.400. The SMILES string of the molecule is COc1c(C)c(C)c(OC)c(CCC(=O)C(=O)O[C@@H](C)C(=O)NCc2ccccc2)c1C. The van der Waals surface area contributed by atoms with Crippen molar-refractivity contribution in [3.63, 3.8) is 0 Å². The first kappa shape index (κ1) is 24.9. The van der Waals surface area contributed by atoms with Crippen LogP contribution in [-0.2, 0) is 32.1 Å². The molecule has 0 saturated heterocycles. The van der Waals surface area contributed by atoms with Gasteiger partial charge in [0.2, 0.25) is 5.78 Å². The van der Waals surface area contributed by atoms with E-state index in [1.165, 1.54) is 6.92 Å². The van der Waals surface area contributed by atoms with Crippen LogP contribution in [0.25, 0.3) is 0 Å². The van der Waals surface area contributed by atoms with E-state index in [2.05, 4.69) is 5.32 Å². The zero-order valence-electron chi connectivity index (χ0n) is 19.5. The third-order valence-corrected chi connectivity index (χ3v) is 5.51. The number of benzene rings is 2. The van der Waals surface area contributed by atoms with Gasteiger partial charge in [-0.25, -0.2) is 4.79 Å². The summed E-state index contributed by atoms with van der Waals surface area (Å²) in [4.78, 5) is 36.8. The van der Waals surface area contributed by atoms with Crippen LogP contribution in [0.15, 0.2) is 30.3 Å². The van der Waals surface area contributed by atoms with Gasteiger partial charge in [0.15, 0.2) is 6.10 Å². The molecule has 7 nitrogen and oxygen atoms in total. The van der Waals surface area contributed by atoms with Crippen LogP contribution in [0, 0.1) is 20.8 Å². The van der Waals surface area contributed by atoms with Crippen molar-refractivity contribution in [2.75, 3.05) is 14.2 Å². The maximum Gasteiger partial charge on any atom is 0.375 e. The van der Waals surface area contributed by atoms with Crippen molar-refractivity contribution in [2.45, 2.75) is 53.2 Å². The van der Waals surface area contributed by atoms with Crippen molar-refractivity contribution in [2.24, 2.45) is 0 Å². The van der Waals surface area contributed by atoms with Crippen molar-refractivity contribution in [1.29, 1.82) is 0 Å². The van der Waals surface area contributed by atoms with Crippen molar-refractivity contribution in [3.8, 4) is 11.5 Å². The van der Waals surface area contributed by atoms with Gasteiger partial charge in [0.1, 0.15) is 11.5 Å². The predicted octanol–water partition coefficient (Wildman–Crippen LogP) is 3.38. The first-order chi connectivity index (χ1) is 15.2. The zero-order chi connectivity index (χ0) is 23.8. The van der Waals surface area contributed by atoms with E-state index in [0.29, 0.717) is 12.3 Å². The number of nitrogens with one attached hydrogen (secondary N) is 1. The fourth-order valence-electron chi connectivity index (χ4n) is 3.59. The Bertz CT molecular complexity index is 984. The van der Waals surface area contributed by atoms with E-state index in [-0.39, 0.29) is 12.8 Å². The number of ether oxygens (including phenoxy) is 3. The Morgan fingerprint density at radius 1 is 0.906 bits per heavy atom. The standard InChI is InChI=1S/C25H31NO6/c1-15-16(2)23(31-6)20(17(3)22(15)30-5)12-13-21(27)25(29)32-18(4)24(28)26-14-19-10-8-7-9-11-19/h7-11,18H,12-14H2,1-6H3,(H,26,28)/t18-/m0/s1. The number of rotatable bonds is 10. The molecule has 0 fully saturated rings. The highest BCUT2D eigenvalue weighted by molar-refractivity contribution is 6.33. The molecule has 1 N–H and O–H groups in total. The van der Waals surface area contributed by atoms with E-state index < -0.39 is 23.8 Å². The Hall–Kier alpha value is -3.35. The van der Waals surface area contributed by atoms with Crippen LogP contribution in [-0.4, -0.2) is 38.0 Å². The topological polar surface area (TPSA) is 90.9 Å². The van der Waals surface area contributed by atoms with E-state index in [9.17, 15) is 14.4 Å². The molecule has 7 heteroatoms. The Balaban J connectivity index is 1.97. The zero-order valence-corrected chi connectivity index (χ0v) is 19.5. The lowest BCUT2D eigenvalue weighted by atomic mass is 9.94. The monoisotopic (exact) mass is 441 g/mol. The minimum Gasteiger partial charge on any atom is -0.496 e. The summed E-state index contributed by atoms with van der Waals surface area (Å²) in [6.45, 7) is 7.51. The van der Waals surface area contributed by atoms with Crippen LogP contribution < -0.4 is 14.8 Å². The molecule has 0 saturated carbocycles. The van der Waals surface area contributed by atoms with E-state index >= 15 is 0 Å². The van der Waals surface area contributed by atoms with Crippen molar-refractivity contribution >= 4 is 17.7 Å². The molecule has 2 aromatic rings. The average molecular weight is 442 g/mol. The molecular formula is C25H31NO6. The van der Waals surface area contributed by atoms with Crippen LogP contribution in [0.1, 0.15) is 41.2 Å². The molecule has 0 heterocycles. The summed E-state index contributed by atoms with van der Waals surface area (Å²) in [5, 5.41) is 2.69. The van der Waals surface area contributed by atoms with Crippen molar-refractivity contribution < 1.29 is 28.6 Å². The summed E-state index contributed by atoms with van der Waals surface area (Å²) in [7, 11) is 3.17. The Morgan fingerprint density at radius 3 is 2.09 bits per heavy atom. The summed E-state index contributed by atoms with van der Waals surface area (Å²) < 4.78 is 16.1. The van der Waals surface area contributed by atoms with Crippen LogP contribution in [0.3, 0.4) is 0 Å². The quantitative estimate of drug-likeness (QED) is 0.449. The molecule has 32 heavy (non-hydrogen) atoms. The molecule has 0 aromatic heterocycles. The lowest BCUT2D eigenvalue weighted by Crippen LogP contribution is -2.37. The molecule has 0 radical (unpaired) electrons. The van der Waals surface area contributed by atoms with Gasteiger partial charge in [-0.15, -0.1) is 0 Å². The van der Waals surface area contributed by atoms with Gasteiger partial charge in [-0.3, -0.25) is 9.59 Å². The molecule has 0 spiro atoms. The Morgan fingerprint density at radius 2 is 1.50 bits per heavy atom. The number of methoxy groups -OCH3 is 2. The van der Waals surface area contributed by atoms with E-state index in [4.69, 9.17) is 14.2 Å².